The zero-order chi connectivity index (χ0) is 16.6. The molecule has 3 rings (SSSR count). The molecule has 0 amide bonds. The molecule has 0 bridgehead atoms. The van der Waals surface area contributed by atoms with E-state index in [1.165, 1.54) is 16.3 Å². The lowest BCUT2D eigenvalue weighted by molar-refractivity contribution is 0.102. The first kappa shape index (κ1) is 16.1. The van der Waals surface area contributed by atoms with Gasteiger partial charge in [0.1, 0.15) is 11.4 Å². The first-order valence-corrected chi connectivity index (χ1v) is 8.81. The molecule has 1 heterocycles. The van der Waals surface area contributed by atoms with Crippen LogP contribution < -0.4 is 17.0 Å². The number of aromatic nitrogens is 2. The normalized spacial score (nSPS) is 14.0. The molecule has 6 nitrogen and oxygen atoms in total. The number of H-pyrrole nitrogens is 1. The molecule has 120 valence electrons. The van der Waals surface area contributed by atoms with E-state index in [1.54, 1.807) is 0 Å². The van der Waals surface area contributed by atoms with Crippen LogP contribution in [0.25, 0.3) is 0 Å². The fourth-order valence-corrected chi connectivity index (χ4v) is 3.69. The van der Waals surface area contributed by atoms with Gasteiger partial charge in [-0.25, -0.2) is 4.79 Å². The molecule has 1 aliphatic rings. The van der Waals surface area contributed by atoms with E-state index < -0.39 is 11.2 Å². The predicted octanol–water partition coefficient (Wildman–Crippen LogP) is 2.19. The third-order valence-corrected chi connectivity index (χ3v) is 5.03. The summed E-state index contributed by atoms with van der Waals surface area (Å²) >= 11 is 4.68. The Morgan fingerprint density at radius 1 is 1.39 bits per heavy atom. The molecule has 0 aliphatic heterocycles. The Kier molecular flexibility index (Phi) is 4.45. The quantitative estimate of drug-likeness (QED) is 0.597. The number of nitrogens with one attached hydrogen (secondary N) is 1. The lowest BCUT2D eigenvalue weighted by atomic mass is 10.2. The van der Waals surface area contributed by atoms with Gasteiger partial charge in [-0.15, -0.1) is 11.8 Å². The second kappa shape index (κ2) is 6.37. The summed E-state index contributed by atoms with van der Waals surface area (Å²) < 4.78 is 2.23. The highest BCUT2D eigenvalue weighted by Crippen LogP contribution is 2.35. The number of anilines is 1. The zero-order valence-corrected chi connectivity index (χ0v) is 14.4. The van der Waals surface area contributed by atoms with Crippen molar-refractivity contribution in [3.63, 3.8) is 0 Å². The van der Waals surface area contributed by atoms with Crippen molar-refractivity contribution in [1.82, 2.24) is 9.55 Å². The Morgan fingerprint density at radius 3 is 2.78 bits per heavy atom. The Hall–Kier alpha value is -1.80. The molecule has 1 aromatic carbocycles. The third kappa shape index (κ3) is 3.42. The van der Waals surface area contributed by atoms with Crippen LogP contribution in [0.2, 0.25) is 0 Å². The summed E-state index contributed by atoms with van der Waals surface area (Å²) in [6.07, 6.45) is 1.66. The minimum absolute atomic E-state index is 0.0105. The maximum Gasteiger partial charge on any atom is 0.330 e. The second-order valence-corrected chi connectivity index (χ2v) is 7.25. The highest BCUT2D eigenvalue weighted by atomic mass is 79.9. The molecular weight excluding hydrogens is 382 g/mol. The molecule has 2 aromatic rings. The molecular formula is C15H14BrN3O3S. The molecule has 0 spiro atoms. The van der Waals surface area contributed by atoms with Crippen LogP contribution in [0, 0.1) is 0 Å². The highest BCUT2D eigenvalue weighted by Gasteiger charge is 2.29. The molecule has 1 aliphatic carbocycles. The zero-order valence-electron chi connectivity index (χ0n) is 12.0. The van der Waals surface area contributed by atoms with E-state index in [1.807, 2.05) is 24.3 Å². The SMILES string of the molecule is Nc1c(C(=O)CSc2cccc(Br)c2)c(=O)[nH]c(=O)n1C1CC1. The standard InChI is InChI=1S/C15H14BrN3O3S/c16-8-2-1-3-10(6-8)23-7-11(20)12-13(17)19(9-4-5-9)15(22)18-14(12)21/h1-3,6,9H,4-5,7,17H2,(H,18,21,22). The van der Waals surface area contributed by atoms with Crippen LogP contribution in [0.5, 0.6) is 0 Å². The number of hydrogen-bond acceptors (Lipinski definition) is 5. The fraction of sp³-hybridized carbons (Fsp3) is 0.267. The van der Waals surface area contributed by atoms with Crippen LogP contribution in [0.15, 0.2) is 43.2 Å². The van der Waals surface area contributed by atoms with Crippen molar-refractivity contribution in [2.75, 3.05) is 11.5 Å². The molecule has 0 atom stereocenters. The van der Waals surface area contributed by atoms with Crippen molar-refractivity contribution < 1.29 is 4.79 Å². The molecule has 0 saturated heterocycles. The van der Waals surface area contributed by atoms with Gasteiger partial charge in [0, 0.05) is 15.4 Å². The summed E-state index contributed by atoms with van der Waals surface area (Å²) in [5, 5.41) is 0. The van der Waals surface area contributed by atoms with E-state index in [2.05, 4.69) is 20.9 Å². The number of aromatic amines is 1. The summed E-state index contributed by atoms with van der Waals surface area (Å²) in [7, 11) is 0. The van der Waals surface area contributed by atoms with Crippen molar-refractivity contribution in [2.24, 2.45) is 0 Å². The van der Waals surface area contributed by atoms with E-state index in [4.69, 9.17) is 5.73 Å². The smallest absolute Gasteiger partial charge is 0.330 e. The number of nitrogens with two attached hydrogens (primary N) is 1. The number of thioether (sulfide) groups is 1. The summed E-state index contributed by atoms with van der Waals surface area (Å²) in [4.78, 5) is 39.3. The number of halogens is 1. The van der Waals surface area contributed by atoms with E-state index in [-0.39, 0.29) is 29.0 Å². The van der Waals surface area contributed by atoms with Crippen molar-refractivity contribution in [3.05, 3.63) is 55.1 Å². The van der Waals surface area contributed by atoms with E-state index in [0.29, 0.717) is 0 Å². The van der Waals surface area contributed by atoms with Crippen LogP contribution in [0.3, 0.4) is 0 Å². The third-order valence-electron chi connectivity index (χ3n) is 3.54. The molecule has 1 aromatic heterocycles. The molecule has 23 heavy (non-hydrogen) atoms. The van der Waals surface area contributed by atoms with Gasteiger partial charge in [-0.05, 0) is 31.0 Å². The van der Waals surface area contributed by atoms with Crippen LogP contribution in [-0.4, -0.2) is 21.1 Å². The number of rotatable bonds is 5. The molecule has 1 saturated carbocycles. The van der Waals surface area contributed by atoms with Crippen molar-refractivity contribution in [1.29, 1.82) is 0 Å². The molecule has 0 unspecified atom stereocenters. The maximum atomic E-state index is 12.4. The lowest BCUT2D eigenvalue weighted by Gasteiger charge is -2.11. The number of hydrogen-bond donors (Lipinski definition) is 2. The number of benzene rings is 1. The Bertz CT molecular complexity index is 886. The van der Waals surface area contributed by atoms with Crippen LogP contribution >= 0.6 is 27.7 Å². The topological polar surface area (TPSA) is 98.0 Å². The van der Waals surface area contributed by atoms with Gasteiger partial charge in [0.25, 0.3) is 5.56 Å². The van der Waals surface area contributed by atoms with Gasteiger partial charge in [-0.1, -0.05) is 22.0 Å². The van der Waals surface area contributed by atoms with Gasteiger partial charge in [0.2, 0.25) is 0 Å². The van der Waals surface area contributed by atoms with Gasteiger partial charge < -0.3 is 5.73 Å². The average Bonchev–Trinajstić information content (AvgIpc) is 3.29. The number of carbonyl (C=O) groups is 1. The number of carbonyl (C=O) groups excluding carboxylic acids is 1. The predicted molar refractivity (Wildman–Crippen MR) is 93.2 cm³/mol. The van der Waals surface area contributed by atoms with Crippen LogP contribution in [-0.2, 0) is 0 Å². The summed E-state index contributed by atoms with van der Waals surface area (Å²) in [5.41, 5.74) is 4.53. The number of nitrogen functional groups attached to an aromatic ring is 1. The van der Waals surface area contributed by atoms with Gasteiger partial charge in [-0.3, -0.25) is 19.1 Å². The molecule has 1 fully saturated rings. The molecule has 0 radical (unpaired) electrons. The van der Waals surface area contributed by atoms with Crippen LogP contribution in [0.4, 0.5) is 5.82 Å². The van der Waals surface area contributed by atoms with Crippen molar-refractivity contribution in [3.8, 4) is 0 Å². The summed E-state index contributed by atoms with van der Waals surface area (Å²) in [5.74, 6) is -0.337. The summed E-state index contributed by atoms with van der Waals surface area (Å²) in [6, 6.07) is 7.51. The molecule has 3 N–H and O–H groups in total. The van der Waals surface area contributed by atoms with Gasteiger partial charge in [0.15, 0.2) is 5.78 Å². The lowest BCUT2D eigenvalue weighted by Crippen LogP contribution is -2.36. The van der Waals surface area contributed by atoms with E-state index in [0.717, 1.165) is 22.2 Å². The average molecular weight is 396 g/mol. The monoisotopic (exact) mass is 395 g/mol. The highest BCUT2D eigenvalue weighted by molar-refractivity contribution is 9.10. The van der Waals surface area contributed by atoms with Gasteiger partial charge in [-0.2, -0.15) is 0 Å². The van der Waals surface area contributed by atoms with Crippen LogP contribution in [0.1, 0.15) is 29.2 Å². The maximum absolute atomic E-state index is 12.4. The Morgan fingerprint density at radius 2 is 2.13 bits per heavy atom. The first-order valence-electron chi connectivity index (χ1n) is 7.03. The number of nitrogens with zero attached hydrogens (tertiary/aromatic N) is 1. The van der Waals surface area contributed by atoms with Gasteiger partial charge >= 0.3 is 5.69 Å². The van der Waals surface area contributed by atoms with Gasteiger partial charge in [0.05, 0.1) is 5.75 Å². The Labute approximate surface area is 144 Å². The van der Waals surface area contributed by atoms with Crippen molar-refractivity contribution in [2.45, 2.75) is 23.8 Å². The van der Waals surface area contributed by atoms with E-state index in [9.17, 15) is 14.4 Å². The minimum atomic E-state index is -0.718. The Balaban J connectivity index is 1.86. The molecule has 8 heteroatoms. The number of ketones is 1. The fourth-order valence-electron chi connectivity index (χ4n) is 2.31. The first-order chi connectivity index (χ1) is 11.0. The van der Waals surface area contributed by atoms with E-state index >= 15 is 0 Å². The summed E-state index contributed by atoms with van der Waals surface area (Å²) in [6.45, 7) is 0. The minimum Gasteiger partial charge on any atom is -0.384 e. The largest absolute Gasteiger partial charge is 0.384 e. The second-order valence-electron chi connectivity index (χ2n) is 5.29. The number of Topliss-reactive ketones (excluding diaryl/α,β-unsaturated/α-hetero) is 1. The van der Waals surface area contributed by atoms with Crippen molar-refractivity contribution >= 4 is 39.3 Å².